The first-order valence-electron chi connectivity index (χ1n) is 5.73. The Morgan fingerprint density at radius 3 is 2.63 bits per heavy atom. The zero-order valence-corrected chi connectivity index (χ0v) is 10.6. The Hall–Kier alpha value is -2.02. The van der Waals surface area contributed by atoms with Crippen LogP contribution >= 0.6 is 0 Å². The van der Waals surface area contributed by atoms with E-state index in [1.54, 1.807) is 13.8 Å². The van der Waals surface area contributed by atoms with Gasteiger partial charge in [0.05, 0.1) is 11.0 Å². The number of amides is 1. The van der Waals surface area contributed by atoms with E-state index in [0.29, 0.717) is 0 Å². The fourth-order valence-corrected chi connectivity index (χ4v) is 1.33. The second-order valence-electron chi connectivity index (χ2n) is 4.44. The summed E-state index contributed by atoms with van der Waals surface area (Å²) in [6.45, 7) is 3.62. The van der Waals surface area contributed by atoms with Crippen molar-refractivity contribution in [2.45, 2.75) is 20.0 Å². The number of hydrogen-bond acceptors (Lipinski definition) is 4. The van der Waals surface area contributed by atoms with Crippen molar-refractivity contribution in [2.75, 3.05) is 6.54 Å². The summed E-state index contributed by atoms with van der Waals surface area (Å²) >= 11 is 0. The highest BCUT2D eigenvalue weighted by molar-refractivity contribution is 5.94. The van der Waals surface area contributed by atoms with Gasteiger partial charge < -0.3 is 10.4 Å². The van der Waals surface area contributed by atoms with Gasteiger partial charge in [-0.1, -0.05) is 13.8 Å². The van der Waals surface area contributed by atoms with Crippen molar-refractivity contribution in [3.05, 3.63) is 39.7 Å². The molecule has 6 nitrogen and oxygen atoms in total. The predicted molar refractivity (Wildman–Crippen MR) is 66.2 cm³/mol. The van der Waals surface area contributed by atoms with E-state index >= 15 is 0 Å². The van der Waals surface area contributed by atoms with E-state index in [2.05, 4.69) is 5.32 Å². The van der Waals surface area contributed by atoms with Gasteiger partial charge in [-0.3, -0.25) is 14.9 Å². The second kappa shape index (κ2) is 6.24. The Kier molecular flexibility index (Phi) is 4.94. The Morgan fingerprint density at radius 2 is 2.16 bits per heavy atom. The van der Waals surface area contributed by atoms with E-state index in [4.69, 9.17) is 0 Å². The van der Waals surface area contributed by atoms with Gasteiger partial charge in [0, 0.05) is 18.2 Å². The molecule has 0 saturated heterocycles. The minimum absolute atomic E-state index is 0.0195. The van der Waals surface area contributed by atoms with E-state index in [0.717, 1.165) is 18.2 Å². The van der Waals surface area contributed by atoms with Crippen molar-refractivity contribution < 1.29 is 19.2 Å². The predicted octanol–water partition coefficient (Wildman–Crippen LogP) is 1.48. The van der Waals surface area contributed by atoms with Gasteiger partial charge in [0.2, 0.25) is 5.82 Å². The first-order valence-corrected chi connectivity index (χ1v) is 5.73. The van der Waals surface area contributed by atoms with Crippen molar-refractivity contribution in [3.63, 3.8) is 0 Å². The summed E-state index contributed by atoms with van der Waals surface area (Å²) in [7, 11) is 0. The minimum Gasteiger partial charge on any atom is -0.391 e. The molecule has 0 bridgehead atoms. The molecule has 0 spiro atoms. The molecule has 1 aromatic rings. The maximum atomic E-state index is 13.3. The average molecular weight is 270 g/mol. The zero-order chi connectivity index (χ0) is 14.6. The molecule has 0 aromatic heterocycles. The lowest BCUT2D eigenvalue weighted by atomic mass is 10.1. The van der Waals surface area contributed by atoms with Crippen LogP contribution in [-0.2, 0) is 0 Å². The van der Waals surface area contributed by atoms with Gasteiger partial charge in [0.25, 0.3) is 5.91 Å². The third kappa shape index (κ3) is 3.99. The lowest BCUT2D eigenvalue weighted by Gasteiger charge is -2.14. The summed E-state index contributed by atoms with van der Waals surface area (Å²) in [6.07, 6.45) is -0.702. The molecule has 2 N–H and O–H groups in total. The van der Waals surface area contributed by atoms with Crippen LogP contribution in [0.4, 0.5) is 10.1 Å². The quantitative estimate of drug-likeness (QED) is 0.626. The number of halogens is 1. The number of carbonyl (C=O) groups is 1. The number of aliphatic hydroxyl groups is 1. The summed E-state index contributed by atoms with van der Waals surface area (Å²) < 4.78 is 13.3. The molecule has 1 rings (SSSR count). The maximum absolute atomic E-state index is 13.3. The zero-order valence-electron chi connectivity index (χ0n) is 10.6. The Morgan fingerprint density at radius 1 is 1.53 bits per heavy atom. The maximum Gasteiger partial charge on any atom is 0.304 e. The van der Waals surface area contributed by atoms with Crippen LogP contribution in [-0.4, -0.2) is 28.6 Å². The van der Waals surface area contributed by atoms with E-state index in [9.17, 15) is 24.4 Å². The molecule has 0 aliphatic carbocycles. The molecule has 104 valence electrons. The number of nitrogens with zero attached hydrogens (tertiary/aromatic N) is 1. The van der Waals surface area contributed by atoms with E-state index in [-0.39, 0.29) is 18.0 Å². The molecule has 1 unspecified atom stereocenters. The van der Waals surface area contributed by atoms with Crippen molar-refractivity contribution in [3.8, 4) is 0 Å². The molecule has 7 heteroatoms. The number of carbonyl (C=O) groups excluding carboxylic acids is 1. The second-order valence-corrected chi connectivity index (χ2v) is 4.44. The van der Waals surface area contributed by atoms with Crippen LogP contribution in [0.1, 0.15) is 24.2 Å². The van der Waals surface area contributed by atoms with E-state index < -0.39 is 28.4 Å². The fraction of sp³-hybridized carbons (Fsp3) is 0.417. The number of nitro benzene ring substituents is 1. The topological polar surface area (TPSA) is 92.5 Å². The SMILES string of the molecule is CC(C)C(O)CNC(=O)c1ccc([N+](=O)[O-])c(F)c1. The molecule has 0 fully saturated rings. The number of nitro groups is 1. The van der Waals surface area contributed by atoms with E-state index in [1.165, 1.54) is 0 Å². The number of nitrogens with one attached hydrogen (secondary N) is 1. The van der Waals surface area contributed by atoms with Gasteiger partial charge >= 0.3 is 5.69 Å². The summed E-state index contributed by atoms with van der Waals surface area (Å²) in [6, 6.07) is 2.90. The summed E-state index contributed by atoms with van der Waals surface area (Å²) in [5.41, 5.74) is -0.710. The van der Waals surface area contributed by atoms with Crippen LogP contribution in [0.5, 0.6) is 0 Å². The first-order chi connectivity index (χ1) is 8.82. The van der Waals surface area contributed by atoms with Crippen LogP contribution in [0, 0.1) is 21.8 Å². The highest BCUT2D eigenvalue weighted by Crippen LogP contribution is 2.17. The largest absolute Gasteiger partial charge is 0.391 e. The average Bonchev–Trinajstić information content (AvgIpc) is 2.34. The number of rotatable bonds is 5. The molecule has 0 aliphatic heterocycles. The Bertz CT molecular complexity index is 491. The van der Waals surface area contributed by atoms with Crippen LogP contribution < -0.4 is 5.32 Å². The van der Waals surface area contributed by atoms with Crippen LogP contribution in [0.15, 0.2) is 18.2 Å². The third-order valence-electron chi connectivity index (χ3n) is 2.65. The first kappa shape index (κ1) is 15.0. The minimum atomic E-state index is -1.07. The number of aliphatic hydroxyl groups excluding tert-OH is 1. The third-order valence-corrected chi connectivity index (χ3v) is 2.65. The van der Waals surface area contributed by atoms with Gasteiger partial charge in [0.1, 0.15) is 0 Å². The fourth-order valence-electron chi connectivity index (χ4n) is 1.33. The number of hydrogen-bond donors (Lipinski definition) is 2. The van der Waals surface area contributed by atoms with E-state index in [1.807, 2.05) is 0 Å². The van der Waals surface area contributed by atoms with Crippen LogP contribution in [0.25, 0.3) is 0 Å². The molecule has 1 aromatic carbocycles. The summed E-state index contributed by atoms with van der Waals surface area (Å²) in [5.74, 6) is -1.68. The highest BCUT2D eigenvalue weighted by Gasteiger charge is 2.17. The molecular weight excluding hydrogens is 255 g/mol. The van der Waals surface area contributed by atoms with Crippen LogP contribution in [0.3, 0.4) is 0 Å². The summed E-state index contributed by atoms with van der Waals surface area (Å²) in [5, 5.41) is 22.4. The Labute approximate surface area is 109 Å². The monoisotopic (exact) mass is 270 g/mol. The molecule has 1 amide bonds. The van der Waals surface area contributed by atoms with Gasteiger partial charge in [-0.2, -0.15) is 4.39 Å². The lowest BCUT2D eigenvalue weighted by Crippen LogP contribution is -2.34. The van der Waals surface area contributed by atoms with Crippen molar-refractivity contribution in [1.29, 1.82) is 0 Å². The standard InChI is InChI=1S/C12H15FN2O4/c1-7(2)11(16)6-14-12(17)8-3-4-10(15(18)19)9(13)5-8/h3-5,7,11,16H,6H2,1-2H3,(H,14,17). The van der Waals surface area contributed by atoms with Crippen molar-refractivity contribution >= 4 is 11.6 Å². The van der Waals surface area contributed by atoms with Crippen molar-refractivity contribution in [1.82, 2.24) is 5.32 Å². The molecule has 0 aliphatic rings. The van der Waals surface area contributed by atoms with Gasteiger partial charge in [0.15, 0.2) is 0 Å². The van der Waals surface area contributed by atoms with Crippen molar-refractivity contribution in [2.24, 2.45) is 5.92 Å². The molecular formula is C12H15FN2O4. The van der Waals surface area contributed by atoms with Gasteiger partial charge in [-0.25, -0.2) is 0 Å². The molecule has 0 saturated carbocycles. The molecule has 1 atom stereocenters. The normalized spacial score (nSPS) is 12.3. The molecule has 0 radical (unpaired) electrons. The van der Waals surface area contributed by atoms with Gasteiger partial charge in [-0.05, 0) is 18.1 Å². The van der Waals surface area contributed by atoms with Crippen LogP contribution in [0.2, 0.25) is 0 Å². The summed E-state index contributed by atoms with van der Waals surface area (Å²) in [4.78, 5) is 21.2. The highest BCUT2D eigenvalue weighted by atomic mass is 19.1. The number of benzene rings is 1. The van der Waals surface area contributed by atoms with Gasteiger partial charge in [-0.15, -0.1) is 0 Å². The molecule has 19 heavy (non-hydrogen) atoms. The Balaban J connectivity index is 2.73. The smallest absolute Gasteiger partial charge is 0.304 e. The lowest BCUT2D eigenvalue weighted by molar-refractivity contribution is -0.387. The molecule has 0 heterocycles.